The van der Waals surface area contributed by atoms with Gasteiger partial charge in [-0.05, 0) is 65.5 Å². The minimum absolute atomic E-state index is 0.0440. The van der Waals surface area contributed by atoms with Gasteiger partial charge in [0.2, 0.25) is 11.8 Å². The molecule has 1 saturated carbocycles. The fourth-order valence-electron chi connectivity index (χ4n) is 4.35. The Labute approximate surface area is 196 Å². The number of hydrogen-bond donors (Lipinski definition) is 3. The van der Waals surface area contributed by atoms with Crippen LogP contribution in [-0.2, 0) is 23.9 Å². The molecule has 8 heteroatoms. The van der Waals surface area contributed by atoms with E-state index >= 15 is 0 Å². The van der Waals surface area contributed by atoms with Gasteiger partial charge >= 0.3 is 5.97 Å². The predicted molar refractivity (Wildman–Crippen MR) is 127 cm³/mol. The van der Waals surface area contributed by atoms with Crippen molar-refractivity contribution in [1.29, 1.82) is 0 Å². The Balaban J connectivity index is 1.84. The molecule has 1 aliphatic carbocycles. The van der Waals surface area contributed by atoms with Gasteiger partial charge in [0.05, 0.1) is 12.0 Å². The molecule has 0 aromatic heterocycles. The van der Waals surface area contributed by atoms with E-state index in [-0.39, 0.29) is 24.8 Å². The number of ether oxygens (including phenoxy) is 1. The third kappa shape index (κ3) is 7.87. The number of carbonyl (C=O) groups excluding carboxylic acids is 4. The number of carbonyl (C=O) groups is 4. The third-order valence-electron chi connectivity index (χ3n) is 5.73. The molecule has 0 bridgehead atoms. The van der Waals surface area contributed by atoms with E-state index in [0.29, 0.717) is 12.8 Å². The van der Waals surface area contributed by atoms with Crippen molar-refractivity contribution in [3.63, 3.8) is 0 Å². The van der Waals surface area contributed by atoms with Gasteiger partial charge in [-0.1, -0.05) is 30.5 Å². The van der Waals surface area contributed by atoms with Crippen molar-refractivity contribution >= 4 is 29.4 Å². The molecule has 182 valence electrons. The van der Waals surface area contributed by atoms with Crippen LogP contribution in [0.3, 0.4) is 0 Å². The number of aryl methyl sites for hydroxylation is 3. The van der Waals surface area contributed by atoms with Crippen molar-refractivity contribution in [1.82, 2.24) is 10.6 Å². The smallest absolute Gasteiger partial charge is 0.313 e. The highest BCUT2D eigenvalue weighted by molar-refractivity contribution is 5.96. The lowest BCUT2D eigenvalue weighted by Crippen LogP contribution is -2.45. The topological polar surface area (TPSA) is 114 Å². The van der Waals surface area contributed by atoms with Crippen LogP contribution in [-0.4, -0.2) is 42.4 Å². The zero-order valence-corrected chi connectivity index (χ0v) is 20.6. The molecular weight excluding hydrogens is 422 g/mol. The summed E-state index contributed by atoms with van der Waals surface area (Å²) in [5.41, 5.74) is 2.43. The summed E-state index contributed by atoms with van der Waals surface area (Å²) in [6.07, 6.45) is 2.83. The van der Waals surface area contributed by atoms with Crippen LogP contribution in [0.2, 0.25) is 0 Å². The molecule has 0 unspecified atom stereocenters. The third-order valence-corrected chi connectivity index (χ3v) is 5.73. The molecule has 1 aromatic carbocycles. The Hall–Kier alpha value is -2.90. The lowest BCUT2D eigenvalue weighted by molar-refractivity contribution is -0.160. The molecule has 2 rings (SSSR count). The standard InChI is InChI=1S/C25H37N3O5/c1-16-11-17(2)22(18(3)12-16)27-20(30)14-26-21(31)15-33-23(32)25(9-7-8-10-25)13-19(29)28-24(4,5)6/h11-12H,7-10,13-15H2,1-6H3,(H,26,31)(H,27,30)(H,28,29). The number of esters is 1. The van der Waals surface area contributed by atoms with E-state index in [1.807, 2.05) is 53.7 Å². The van der Waals surface area contributed by atoms with Gasteiger partial charge < -0.3 is 20.7 Å². The summed E-state index contributed by atoms with van der Waals surface area (Å²) in [5.74, 6) is -1.67. The van der Waals surface area contributed by atoms with E-state index in [1.165, 1.54) is 0 Å². The summed E-state index contributed by atoms with van der Waals surface area (Å²) in [6, 6.07) is 3.95. The van der Waals surface area contributed by atoms with Crippen LogP contribution in [0.5, 0.6) is 0 Å². The SMILES string of the molecule is Cc1cc(C)c(NC(=O)CNC(=O)COC(=O)C2(CC(=O)NC(C)(C)C)CCCC2)c(C)c1. The van der Waals surface area contributed by atoms with Crippen LogP contribution in [0.15, 0.2) is 12.1 Å². The highest BCUT2D eigenvalue weighted by Gasteiger charge is 2.44. The maximum atomic E-state index is 12.8. The molecule has 1 aromatic rings. The number of nitrogens with one attached hydrogen (secondary N) is 3. The van der Waals surface area contributed by atoms with Crippen LogP contribution in [0.1, 0.15) is 69.6 Å². The summed E-state index contributed by atoms with van der Waals surface area (Å²) in [6.45, 7) is 10.7. The van der Waals surface area contributed by atoms with Gasteiger partial charge in [0.25, 0.3) is 5.91 Å². The highest BCUT2D eigenvalue weighted by atomic mass is 16.5. The first kappa shape index (κ1) is 26.4. The highest BCUT2D eigenvalue weighted by Crippen LogP contribution is 2.42. The maximum absolute atomic E-state index is 12.8. The quantitative estimate of drug-likeness (QED) is 0.517. The summed E-state index contributed by atoms with van der Waals surface area (Å²) >= 11 is 0. The fraction of sp³-hybridized carbons (Fsp3) is 0.600. The van der Waals surface area contributed by atoms with Gasteiger partial charge in [-0.3, -0.25) is 19.2 Å². The second kappa shape index (κ2) is 10.8. The Bertz CT molecular complexity index is 888. The molecule has 0 atom stereocenters. The molecule has 1 fully saturated rings. The van der Waals surface area contributed by atoms with Crippen LogP contribution in [0.25, 0.3) is 0 Å². The largest absolute Gasteiger partial charge is 0.455 e. The number of hydrogen-bond acceptors (Lipinski definition) is 5. The van der Waals surface area contributed by atoms with E-state index in [2.05, 4.69) is 16.0 Å². The Morgan fingerprint density at radius 2 is 1.52 bits per heavy atom. The van der Waals surface area contributed by atoms with Crippen LogP contribution in [0, 0.1) is 26.2 Å². The molecule has 0 radical (unpaired) electrons. The summed E-state index contributed by atoms with van der Waals surface area (Å²) in [4.78, 5) is 49.6. The first-order chi connectivity index (χ1) is 15.3. The molecule has 0 spiro atoms. The van der Waals surface area contributed by atoms with Crippen molar-refractivity contribution in [3.05, 3.63) is 28.8 Å². The van der Waals surface area contributed by atoms with Crippen LogP contribution in [0.4, 0.5) is 5.69 Å². The lowest BCUT2D eigenvalue weighted by atomic mass is 9.82. The van der Waals surface area contributed by atoms with Gasteiger partial charge in [0.15, 0.2) is 6.61 Å². The van der Waals surface area contributed by atoms with Gasteiger partial charge in [0.1, 0.15) is 0 Å². The molecule has 0 aliphatic heterocycles. The van der Waals surface area contributed by atoms with E-state index in [4.69, 9.17) is 4.74 Å². The normalized spacial score (nSPS) is 15.0. The molecule has 1 aliphatic rings. The molecule has 33 heavy (non-hydrogen) atoms. The Morgan fingerprint density at radius 1 is 0.939 bits per heavy atom. The van der Waals surface area contributed by atoms with Gasteiger partial charge in [-0.25, -0.2) is 0 Å². The van der Waals surface area contributed by atoms with E-state index < -0.39 is 29.4 Å². The molecule has 3 amide bonds. The van der Waals surface area contributed by atoms with E-state index in [9.17, 15) is 19.2 Å². The zero-order chi connectivity index (χ0) is 24.8. The number of amides is 3. The molecule has 0 saturated heterocycles. The minimum atomic E-state index is -0.895. The molecule has 3 N–H and O–H groups in total. The fourth-order valence-corrected chi connectivity index (χ4v) is 4.35. The molecule has 8 nitrogen and oxygen atoms in total. The summed E-state index contributed by atoms with van der Waals surface area (Å²) in [5, 5.41) is 8.17. The van der Waals surface area contributed by atoms with Crippen molar-refractivity contribution < 1.29 is 23.9 Å². The van der Waals surface area contributed by atoms with Gasteiger partial charge in [0, 0.05) is 17.6 Å². The second-order valence-corrected chi connectivity index (χ2v) is 10.1. The average Bonchev–Trinajstić information content (AvgIpc) is 3.15. The second-order valence-electron chi connectivity index (χ2n) is 10.1. The minimum Gasteiger partial charge on any atom is -0.455 e. The first-order valence-corrected chi connectivity index (χ1v) is 11.4. The number of anilines is 1. The number of benzene rings is 1. The van der Waals surface area contributed by atoms with Crippen molar-refractivity contribution in [3.8, 4) is 0 Å². The van der Waals surface area contributed by atoms with Crippen molar-refractivity contribution in [2.24, 2.45) is 5.41 Å². The Morgan fingerprint density at radius 3 is 2.06 bits per heavy atom. The summed E-state index contributed by atoms with van der Waals surface area (Å²) in [7, 11) is 0. The Kier molecular flexibility index (Phi) is 8.63. The number of rotatable bonds is 8. The van der Waals surface area contributed by atoms with Crippen molar-refractivity contribution in [2.75, 3.05) is 18.5 Å². The van der Waals surface area contributed by atoms with Gasteiger partial charge in [-0.2, -0.15) is 0 Å². The maximum Gasteiger partial charge on any atom is 0.313 e. The lowest BCUT2D eigenvalue weighted by Gasteiger charge is -2.28. The zero-order valence-electron chi connectivity index (χ0n) is 20.6. The summed E-state index contributed by atoms with van der Waals surface area (Å²) < 4.78 is 5.26. The molecule has 0 heterocycles. The van der Waals surface area contributed by atoms with Crippen LogP contribution < -0.4 is 16.0 Å². The monoisotopic (exact) mass is 459 g/mol. The van der Waals surface area contributed by atoms with Crippen LogP contribution >= 0.6 is 0 Å². The predicted octanol–water partition coefficient (Wildman–Crippen LogP) is 3.07. The molecular formula is C25H37N3O5. The van der Waals surface area contributed by atoms with Crippen molar-refractivity contribution in [2.45, 2.75) is 79.2 Å². The van der Waals surface area contributed by atoms with E-state index in [1.54, 1.807) is 0 Å². The first-order valence-electron chi connectivity index (χ1n) is 11.4. The average molecular weight is 460 g/mol. The van der Waals surface area contributed by atoms with E-state index in [0.717, 1.165) is 35.2 Å². The van der Waals surface area contributed by atoms with Gasteiger partial charge in [-0.15, -0.1) is 0 Å².